The molecule has 0 saturated heterocycles. The summed E-state index contributed by atoms with van der Waals surface area (Å²) in [5, 5.41) is 0. The number of rotatable bonds is 2. The molecule has 0 aliphatic rings. The van der Waals surface area contributed by atoms with Crippen molar-refractivity contribution in [1.29, 1.82) is 0 Å². The quantitative estimate of drug-likeness (QED) is 0.713. The first-order valence-electron chi connectivity index (χ1n) is 3.60. The van der Waals surface area contributed by atoms with Gasteiger partial charge in [-0.05, 0) is 5.92 Å². The normalized spacial score (nSPS) is 13.9. The molecule has 0 radical (unpaired) electrons. The van der Waals surface area contributed by atoms with Gasteiger partial charge in [0.1, 0.15) is 0 Å². The number of nitrogens with two attached hydrogens (primary N) is 1. The summed E-state index contributed by atoms with van der Waals surface area (Å²) in [4.78, 5) is 0. The Kier molecular flexibility index (Phi) is 2.29. The van der Waals surface area contributed by atoms with Crippen LogP contribution in [0.5, 0.6) is 0 Å². The number of hydrogen-bond donors (Lipinski definition) is 1. The molecular weight excluding hydrogens is 145 g/mol. The lowest BCUT2D eigenvalue weighted by molar-refractivity contribution is 0.358. The third-order valence-corrected chi connectivity index (χ3v) is 1.69. The Bertz CT molecular complexity index is 232. The van der Waals surface area contributed by atoms with Crippen LogP contribution in [0.1, 0.15) is 25.5 Å². The van der Waals surface area contributed by atoms with E-state index in [1.807, 2.05) is 13.8 Å². The monoisotopic (exact) mass is 157 g/mol. The van der Waals surface area contributed by atoms with E-state index in [9.17, 15) is 4.39 Å². The van der Waals surface area contributed by atoms with Crippen molar-refractivity contribution in [2.75, 3.05) is 0 Å². The van der Waals surface area contributed by atoms with Crippen molar-refractivity contribution in [2.24, 2.45) is 11.7 Å². The average molecular weight is 157 g/mol. The highest BCUT2D eigenvalue weighted by Gasteiger charge is 2.12. The molecule has 0 spiro atoms. The minimum atomic E-state index is -0.573. The molecule has 1 aromatic heterocycles. The molecule has 0 bridgehead atoms. The molecular formula is C8H12FNO. The first-order chi connectivity index (χ1) is 5.11. The van der Waals surface area contributed by atoms with Gasteiger partial charge in [0, 0.05) is 17.7 Å². The van der Waals surface area contributed by atoms with Crippen molar-refractivity contribution < 1.29 is 8.81 Å². The van der Waals surface area contributed by atoms with Gasteiger partial charge >= 0.3 is 0 Å². The Hall–Kier alpha value is -0.830. The van der Waals surface area contributed by atoms with Crippen molar-refractivity contribution in [3.63, 3.8) is 0 Å². The van der Waals surface area contributed by atoms with Crippen molar-refractivity contribution in [1.82, 2.24) is 0 Å². The highest BCUT2D eigenvalue weighted by Crippen LogP contribution is 2.20. The van der Waals surface area contributed by atoms with Gasteiger partial charge in [0.25, 0.3) is 6.01 Å². The van der Waals surface area contributed by atoms with Crippen LogP contribution < -0.4 is 5.73 Å². The summed E-state index contributed by atoms with van der Waals surface area (Å²) >= 11 is 0. The molecule has 1 aromatic rings. The van der Waals surface area contributed by atoms with Gasteiger partial charge in [-0.1, -0.05) is 13.8 Å². The second-order valence-electron chi connectivity index (χ2n) is 2.95. The molecule has 1 rings (SSSR count). The zero-order chi connectivity index (χ0) is 8.43. The molecule has 0 aromatic carbocycles. The lowest BCUT2D eigenvalue weighted by atomic mass is 10.00. The molecule has 1 heterocycles. The van der Waals surface area contributed by atoms with Crippen LogP contribution in [0, 0.1) is 11.9 Å². The summed E-state index contributed by atoms with van der Waals surface area (Å²) < 4.78 is 16.8. The van der Waals surface area contributed by atoms with Gasteiger partial charge in [-0.2, -0.15) is 4.39 Å². The molecule has 2 nitrogen and oxygen atoms in total. The van der Waals surface area contributed by atoms with Crippen LogP contribution in [0.3, 0.4) is 0 Å². The maximum atomic E-state index is 12.3. The van der Waals surface area contributed by atoms with Crippen LogP contribution in [-0.4, -0.2) is 0 Å². The number of hydrogen-bond acceptors (Lipinski definition) is 2. The third kappa shape index (κ3) is 1.80. The van der Waals surface area contributed by atoms with E-state index in [0.717, 1.165) is 5.56 Å². The van der Waals surface area contributed by atoms with E-state index >= 15 is 0 Å². The topological polar surface area (TPSA) is 39.2 Å². The van der Waals surface area contributed by atoms with E-state index in [0.29, 0.717) is 5.92 Å². The van der Waals surface area contributed by atoms with Crippen LogP contribution >= 0.6 is 0 Å². The SMILES string of the molecule is CC(C)[C@@H](N)c1coc(F)c1. The van der Waals surface area contributed by atoms with E-state index in [-0.39, 0.29) is 6.04 Å². The van der Waals surface area contributed by atoms with Gasteiger partial charge in [0.05, 0.1) is 6.26 Å². The standard InChI is InChI=1S/C8H12FNO/c1-5(2)8(10)6-3-7(9)11-4-6/h3-5,8H,10H2,1-2H3/t8-/m1/s1. The van der Waals surface area contributed by atoms with E-state index in [1.54, 1.807) is 0 Å². The number of furan rings is 1. The molecule has 0 unspecified atom stereocenters. The van der Waals surface area contributed by atoms with E-state index in [1.165, 1.54) is 12.3 Å². The lowest BCUT2D eigenvalue weighted by Crippen LogP contribution is -2.15. The minimum Gasteiger partial charge on any atom is -0.439 e. The zero-order valence-corrected chi connectivity index (χ0v) is 6.67. The summed E-state index contributed by atoms with van der Waals surface area (Å²) in [6.07, 6.45) is 1.36. The molecule has 0 fully saturated rings. The lowest BCUT2D eigenvalue weighted by Gasteiger charge is -2.12. The van der Waals surface area contributed by atoms with Crippen molar-refractivity contribution in [3.05, 3.63) is 23.9 Å². The fourth-order valence-corrected chi connectivity index (χ4v) is 0.883. The molecule has 11 heavy (non-hydrogen) atoms. The summed E-state index contributed by atoms with van der Waals surface area (Å²) in [7, 11) is 0. The van der Waals surface area contributed by atoms with Gasteiger partial charge in [-0.25, -0.2) is 0 Å². The largest absolute Gasteiger partial charge is 0.439 e. The molecule has 0 aliphatic carbocycles. The van der Waals surface area contributed by atoms with Gasteiger partial charge in [0.15, 0.2) is 0 Å². The Labute approximate surface area is 65.2 Å². The van der Waals surface area contributed by atoms with Crippen LogP contribution in [0.15, 0.2) is 16.7 Å². The zero-order valence-electron chi connectivity index (χ0n) is 6.67. The van der Waals surface area contributed by atoms with Crippen molar-refractivity contribution in [2.45, 2.75) is 19.9 Å². The predicted octanol–water partition coefficient (Wildman–Crippen LogP) is 2.07. The second-order valence-corrected chi connectivity index (χ2v) is 2.95. The van der Waals surface area contributed by atoms with E-state index in [4.69, 9.17) is 5.73 Å². The van der Waals surface area contributed by atoms with Crippen LogP contribution in [0.2, 0.25) is 0 Å². The summed E-state index contributed by atoms with van der Waals surface area (Å²) in [6, 6.07) is 0.615. The first kappa shape index (κ1) is 8.27. The van der Waals surface area contributed by atoms with Gasteiger partial charge in [-0.3, -0.25) is 0 Å². The Morgan fingerprint density at radius 1 is 1.55 bits per heavy atom. The van der Waals surface area contributed by atoms with Crippen molar-refractivity contribution in [3.8, 4) is 0 Å². The fraction of sp³-hybridized carbons (Fsp3) is 0.500. The maximum absolute atomic E-state index is 12.3. The molecule has 62 valence electrons. The third-order valence-electron chi connectivity index (χ3n) is 1.69. The Morgan fingerprint density at radius 2 is 2.18 bits per heavy atom. The molecule has 3 heteroatoms. The van der Waals surface area contributed by atoms with Crippen LogP contribution in [-0.2, 0) is 0 Å². The average Bonchev–Trinajstić information content (AvgIpc) is 2.34. The minimum absolute atomic E-state index is 0.136. The smallest absolute Gasteiger partial charge is 0.277 e. The van der Waals surface area contributed by atoms with E-state index < -0.39 is 6.01 Å². The molecule has 1 atom stereocenters. The molecule has 2 N–H and O–H groups in total. The maximum Gasteiger partial charge on any atom is 0.277 e. The van der Waals surface area contributed by atoms with Crippen LogP contribution in [0.4, 0.5) is 4.39 Å². The summed E-state index contributed by atoms with van der Waals surface area (Å²) in [5.74, 6) is 0.298. The highest BCUT2D eigenvalue weighted by atomic mass is 19.1. The van der Waals surface area contributed by atoms with Gasteiger partial charge in [0.2, 0.25) is 0 Å². The Morgan fingerprint density at radius 3 is 2.55 bits per heavy atom. The molecule has 0 amide bonds. The van der Waals surface area contributed by atoms with Gasteiger partial charge in [-0.15, -0.1) is 0 Å². The fourth-order valence-electron chi connectivity index (χ4n) is 0.883. The Balaban J connectivity index is 2.76. The van der Waals surface area contributed by atoms with Crippen molar-refractivity contribution >= 4 is 0 Å². The van der Waals surface area contributed by atoms with E-state index in [2.05, 4.69) is 4.42 Å². The highest BCUT2D eigenvalue weighted by molar-refractivity contribution is 5.12. The number of halogens is 1. The molecule has 0 aliphatic heterocycles. The first-order valence-corrected chi connectivity index (χ1v) is 3.60. The van der Waals surface area contributed by atoms with Crippen LogP contribution in [0.25, 0.3) is 0 Å². The summed E-state index contributed by atoms with van der Waals surface area (Å²) in [6.45, 7) is 3.96. The predicted molar refractivity (Wildman–Crippen MR) is 40.4 cm³/mol. The summed E-state index contributed by atoms with van der Waals surface area (Å²) in [5.41, 5.74) is 6.44. The second kappa shape index (κ2) is 3.05. The van der Waals surface area contributed by atoms with Gasteiger partial charge < -0.3 is 10.2 Å². The molecule has 0 saturated carbocycles.